The smallest absolute Gasteiger partial charge is 0.0192 e. The summed E-state index contributed by atoms with van der Waals surface area (Å²) in [6, 6.07) is 1.92. The van der Waals surface area contributed by atoms with Crippen LogP contribution in [0.3, 0.4) is 0 Å². The van der Waals surface area contributed by atoms with E-state index in [4.69, 9.17) is 5.73 Å². The Morgan fingerprint density at radius 1 is 1.07 bits per heavy atom. The zero-order chi connectivity index (χ0) is 10.5. The highest BCUT2D eigenvalue weighted by molar-refractivity contribution is 4.81. The van der Waals surface area contributed by atoms with Gasteiger partial charge < -0.3 is 16.4 Å². The molecular formula is C12H25N3. The molecule has 3 nitrogen and oxygen atoms in total. The molecule has 1 saturated heterocycles. The van der Waals surface area contributed by atoms with Gasteiger partial charge >= 0.3 is 0 Å². The van der Waals surface area contributed by atoms with Gasteiger partial charge in [0.1, 0.15) is 0 Å². The van der Waals surface area contributed by atoms with Crippen molar-refractivity contribution in [1.82, 2.24) is 10.6 Å². The molecule has 2 aliphatic rings. The van der Waals surface area contributed by atoms with Gasteiger partial charge in [-0.05, 0) is 45.1 Å². The van der Waals surface area contributed by atoms with E-state index in [2.05, 4.69) is 10.6 Å². The van der Waals surface area contributed by atoms with Gasteiger partial charge in [-0.1, -0.05) is 6.42 Å². The molecule has 1 aliphatic carbocycles. The Hall–Kier alpha value is -0.120. The molecule has 88 valence electrons. The number of hydrogen-bond acceptors (Lipinski definition) is 3. The number of nitrogens with two attached hydrogens (primary N) is 1. The minimum absolute atomic E-state index is 0.468. The SMILES string of the molecule is NC1CCC(NCC2CCCCN2)CC1. The summed E-state index contributed by atoms with van der Waals surface area (Å²) in [5, 5.41) is 7.27. The van der Waals surface area contributed by atoms with Crippen LogP contribution in [-0.4, -0.2) is 31.2 Å². The first-order valence-corrected chi connectivity index (χ1v) is 6.57. The van der Waals surface area contributed by atoms with E-state index in [0.717, 1.165) is 12.6 Å². The lowest BCUT2D eigenvalue weighted by molar-refractivity contribution is 0.311. The standard InChI is InChI=1S/C12H25N3/c13-10-4-6-11(7-5-10)15-9-12-3-1-2-8-14-12/h10-12,14-15H,1-9,13H2. The van der Waals surface area contributed by atoms with E-state index in [1.165, 1.54) is 51.5 Å². The lowest BCUT2D eigenvalue weighted by atomic mass is 9.91. The van der Waals surface area contributed by atoms with Crippen molar-refractivity contribution in [2.24, 2.45) is 5.73 Å². The number of hydrogen-bond donors (Lipinski definition) is 3. The van der Waals surface area contributed by atoms with Crippen LogP contribution in [0.4, 0.5) is 0 Å². The van der Waals surface area contributed by atoms with Crippen LogP contribution in [0.25, 0.3) is 0 Å². The number of piperidine rings is 1. The van der Waals surface area contributed by atoms with Crippen LogP contribution in [0.15, 0.2) is 0 Å². The summed E-state index contributed by atoms with van der Waals surface area (Å²) >= 11 is 0. The van der Waals surface area contributed by atoms with Gasteiger partial charge in [0.15, 0.2) is 0 Å². The van der Waals surface area contributed by atoms with E-state index in [1.807, 2.05) is 0 Å². The van der Waals surface area contributed by atoms with Gasteiger partial charge in [0.2, 0.25) is 0 Å². The molecular weight excluding hydrogens is 186 g/mol. The van der Waals surface area contributed by atoms with E-state index in [1.54, 1.807) is 0 Å². The van der Waals surface area contributed by atoms with Gasteiger partial charge in [0, 0.05) is 24.7 Å². The minimum atomic E-state index is 0.468. The molecule has 1 heterocycles. The summed E-state index contributed by atoms with van der Waals surface area (Å²) in [6.07, 6.45) is 9.05. The second-order valence-electron chi connectivity index (χ2n) is 5.17. The molecule has 2 rings (SSSR count). The number of nitrogens with one attached hydrogen (secondary N) is 2. The van der Waals surface area contributed by atoms with Crippen LogP contribution in [0, 0.1) is 0 Å². The van der Waals surface area contributed by atoms with Gasteiger partial charge in [-0.2, -0.15) is 0 Å². The zero-order valence-electron chi connectivity index (χ0n) is 9.67. The molecule has 4 N–H and O–H groups in total. The average molecular weight is 211 g/mol. The maximum atomic E-state index is 5.90. The molecule has 1 atom stereocenters. The zero-order valence-corrected chi connectivity index (χ0v) is 9.67. The monoisotopic (exact) mass is 211 g/mol. The van der Waals surface area contributed by atoms with E-state index in [-0.39, 0.29) is 0 Å². The Morgan fingerprint density at radius 3 is 2.53 bits per heavy atom. The van der Waals surface area contributed by atoms with Crippen LogP contribution in [-0.2, 0) is 0 Å². The highest BCUT2D eigenvalue weighted by atomic mass is 15.0. The van der Waals surface area contributed by atoms with Crippen LogP contribution < -0.4 is 16.4 Å². The van der Waals surface area contributed by atoms with E-state index >= 15 is 0 Å². The molecule has 1 unspecified atom stereocenters. The van der Waals surface area contributed by atoms with E-state index < -0.39 is 0 Å². The highest BCUT2D eigenvalue weighted by Gasteiger charge is 2.19. The van der Waals surface area contributed by atoms with Crippen LogP contribution in [0.5, 0.6) is 0 Å². The molecule has 0 bridgehead atoms. The van der Waals surface area contributed by atoms with Crippen molar-refractivity contribution in [2.45, 2.75) is 63.1 Å². The molecule has 0 aromatic heterocycles. The predicted molar refractivity (Wildman–Crippen MR) is 63.9 cm³/mol. The Bertz CT molecular complexity index is 170. The van der Waals surface area contributed by atoms with Crippen molar-refractivity contribution in [1.29, 1.82) is 0 Å². The van der Waals surface area contributed by atoms with Crippen molar-refractivity contribution >= 4 is 0 Å². The van der Waals surface area contributed by atoms with Gasteiger partial charge in [0.05, 0.1) is 0 Å². The molecule has 2 fully saturated rings. The summed E-state index contributed by atoms with van der Waals surface area (Å²) in [5.41, 5.74) is 5.90. The highest BCUT2D eigenvalue weighted by Crippen LogP contribution is 2.17. The summed E-state index contributed by atoms with van der Waals surface area (Å²) in [4.78, 5) is 0. The molecule has 1 aliphatic heterocycles. The number of rotatable bonds is 3. The third-order valence-electron chi connectivity index (χ3n) is 3.84. The first-order chi connectivity index (χ1) is 7.34. The normalized spacial score (nSPS) is 37.8. The first kappa shape index (κ1) is 11.4. The fourth-order valence-electron chi connectivity index (χ4n) is 2.73. The molecule has 0 aromatic rings. The maximum Gasteiger partial charge on any atom is 0.0192 e. The van der Waals surface area contributed by atoms with Crippen molar-refractivity contribution in [3.8, 4) is 0 Å². The maximum absolute atomic E-state index is 5.90. The average Bonchev–Trinajstić information content (AvgIpc) is 2.30. The molecule has 0 spiro atoms. The third kappa shape index (κ3) is 3.74. The summed E-state index contributed by atoms with van der Waals surface area (Å²) in [7, 11) is 0. The largest absolute Gasteiger partial charge is 0.328 e. The Labute approximate surface area is 93.2 Å². The topological polar surface area (TPSA) is 50.1 Å². The summed E-state index contributed by atoms with van der Waals surface area (Å²) in [5.74, 6) is 0. The molecule has 0 radical (unpaired) electrons. The van der Waals surface area contributed by atoms with E-state index in [0.29, 0.717) is 12.1 Å². The first-order valence-electron chi connectivity index (χ1n) is 6.57. The van der Waals surface area contributed by atoms with Gasteiger partial charge in [-0.3, -0.25) is 0 Å². The fraction of sp³-hybridized carbons (Fsp3) is 1.00. The quantitative estimate of drug-likeness (QED) is 0.652. The Morgan fingerprint density at radius 2 is 1.87 bits per heavy atom. The molecule has 0 aromatic carbocycles. The second-order valence-corrected chi connectivity index (χ2v) is 5.17. The predicted octanol–water partition coefficient (Wildman–Crippen LogP) is 0.988. The van der Waals surface area contributed by atoms with Crippen LogP contribution >= 0.6 is 0 Å². The molecule has 0 amide bonds. The summed E-state index contributed by atoms with van der Waals surface area (Å²) < 4.78 is 0. The Kier molecular flexibility index (Phi) is 4.42. The van der Waals surface area contributed by atoms with Gasteiger partial charge in [0.25, 0.3) is 0 Å². The lowest BCUT2D eigenvalue weighted by Gasteiger charge is -2.30. The van der Waals surface area contributed by atoms with Crippen molar-refractivity contribution < 1.29 is 0 Å². The third-order valence-corrected chi connectivity index (χ3v) is 3.84. The van der Waals surface area contributed by atoms with Crippen LogP contribution in [0.2, 0.25) is 0 Å². The lowest BCUT2D eigenvalue weighted by Crippen LogP contribution is -2.46. The minimum Gasteiger partial charge on any atom is -0.328 e. The fourth-order valence-corrected chi connectivity index (χ4v) is 2.73. The van der Waals surface area contributed by atoms with Crippen molar-refractivity contribution in [3.05, 3.63) is 0 Å². The van der Waals surface area contributed by atoms with Gasteiger partial charge in [-0.25, -0.2) is 0 Å². The molecule has 1 saturated carbocycles. The van der Waals surface area contributed by atoms with E-state index in [9.17, 15) is 0 Å². The van der Waals surface area contributed by atoms with Gasteiger partial charge in [-0.15, -0.1) is 0 Å². The molecule has 15 heavy (non-hydrogen) atoms. The van der Waals surface area contributed by atoms with Crippen molar-refractivity contribution in [3.63, 3.8) is 0 Å². The van der Waals surface area contributed by atoms with Crippen LogP contribution in [0.1, 0.15) is 44.9 Å². The second kappa shape index (κ2) is 5.83. The van der Waals surface area contributed by atoms with Crippen molar-refractivity contribution in [2.75, 3.05) is 13.1 Å². The molecule has 3 heteroatoms. The Balaban J connectivity index is 1.60. The summed E-state index contributed by atoms with van der Waals surface area (Å²) in [6.45, 7) is 2.36.